The molecule has 1 aromatic carbocycles. The number of fused-ring (bicyclic) bond motifs is 1. The number of aromatic nitrogens is 1. The number of benzene rings is 1. The fourth-order valence-corrected chi connectivity index (χ4v) is 3.83. The summed E-state index contributed by atoms with van der Waals surface area (Å²) in [5.74, 6) is 0.0660. The Balaban J connectivity index is 1.90. The van der Waals surface area contributed by atoms with Crippen LogP contribution >= 0.6 is 12.2 Å². The van der Waals surface area contributed by atoms with Gasteiger partial charge in [0.25, 0.3) is 5.91 Å². The van der Waals surface area contributed by atoms with Crippen molar-refractivity contribution in [2.75, 3.05) is 31.2 Å². The van der Waals surface area contributed by atoms with Crippen molar-refractivity contribution in [2.45, 2.75) is 13.8 Å². The summed E-state index contributed by atoms with van der Waals surface area (Å²) in [6.45, 7) is 6.06. The van der Waals surface area contributed by atoms with Crippen LogP contribution in [0.3, 0.4) is 0 Å². The van der Waals surface area contributed by atoms with Gasteiger partial charge < -0.3 is 9.64 Å². The topological polar surface area (TPSA) is 74.8 Å². The highest BCUT2D eigenvalue weighted by atomic mass is 32.1. The number of para-hydroxylation sites is 1. The molecular formula is C20H20N4O3S. The number of anilines is 1. The number of rotatable bonds is 2. The molecule has 0 bridgehead atoms. The van der Waals surface area contributed by atoms with Crippen molar-refractivity contribution in [3.05, 3.63) is 41.1 Å². The molecule has 7 nitrogen and oxygen atoms in total. The van der Waals surface area contributed by atoms with E-state index in [0.717, 1.165) is 27.8 Å². The maximum Gasteiger partial charge on any atom is 0.274 e. The van der Waals surface area contributed by atoms with Crippen molar-refractivity contribution >= 4 is 51.9 Å². The van der Waals surface area contributed by atoms with Crippen molar-refractivity contribution in [3.63, 3.8) is 0 Å². The number of morpholine rings is 1. The van der Waals surface area contributed by atoms with Crippen molar-refractivity contribution in [3.8, 4) is 0 Å². The number of hydrogen-bond acceptors (Lipinski definition) is 6. The highest BCUT2D eigenvalue weighted by Gasteiger charge is 2.33. The number of nitrogens with one attached hydrogen (secondary N) is 1. The zero-order chi connectivity index (χ0) is 19.8. The standard InChI is InChI=1S/C20H20N4O3S/c1-12-4-3-5-14-10-15(11-16-19(26)22-20(28)24(16)13(2)25)18(21-17(12)14)23-6-8-27-9-7-23/h3-5,10-11H,6-9H2,1-2H3,(H,22,26,28)/b16-11-. The number of pyridine rings is 1. The van der Waals surface area contributed by atoms with E-state index in [9.17, 15) is 9.59 Å². The van der Waals surface area contributed by atoms with E-state index < -0.39 is 5.91 Å². The third-order valence-corrected chi connectivity index (χ3v) is 5.16. The van der Waals surface area contributed by atoms with E-state index in [1.54, 1.807) is 6.08 Å². The van der Waals surface area contributed by atoms with Crippen LogP contribution in [0.2, 0.25) is 0 Å². The number of nitrogens with zero attached hydrogens (tertiary/aromatic N) is 3. The second-order valence-corrected chi connectivity index (χ2v) is 7.18. The highest BCUT2D eigenvalue weighted by Crippen LogP contribution is 2.29. The predicted molar refractivity (Wildman–Crippen MR) is 111 cm³/mol. The summed E-state index contributed by atoms with van der Waals surface area (Å²) in [5, 5.41) is 3.61. The van der Waals surface area contributed by atoms with E-state index in [0.29, 0.717) is 26.3 Å². The van der Waals surface area contributed by atoms with E-state index >= 15 is 0 Å². The smallest absolute Gasteiger partial charge is 0.274 e. The van der Waals surface area contributed by atoms with Crippen LogP contribution < -0.4 is 10.2 Å². The van der Waals surface area contributed by atoms with Gasteiger partial charge in [-0.2, -0.15) is 0 Å². The number of amides is 2. The molecule has 1 N–H and O–H groups in total. The molecule has 2 aliphatic heterocycles. The van der Waals surface area contributed by atoms with Gasteiger partial charge in [-0.1, -0.05) is 18.2 Å². The molecule has 4 rings (SSSR count). The van der Waals surface area contributed by atoms with E-state index in [1.807, 2.05) is 31.2 Å². The minimum Gasteiger partial charge on any atom is -0.378 e. The Bertz CT molecular complexity index is 1030. The van der Waals surface area contributed by atoms with Gasteiger partial charge in [0.1, 0.15) is 11.5 Å². The summed E-state index contributed by atoms with van der Waals surface area (Å²) in [6.07, 6.45) is 1.69. The number of ether oxygens (including phenoxy) is 1. The molecule has 1 aromatic heterocycles. The molecule has 3 heterocycles. The van der Waals surface area contributed by atoms with E-state index in [4.69, 9.17) is 21.9 Å². The van der Waals surface area contributed by atoms with Gasteiger partial charge in [-0.3, -0.25) is 19.8 Å². The molecule has 0 atom stereocenters. The van der Waals surface area contributed by atoms with Gasteiger partial charge in [0, 0.05) is 31.0 Å². The van der Waals surface area contributed by atoms with Crippen LogP contribution in [0.25, 0.3) is 17.0 Å². The first-order chi connectivity index (χ1) is 13.5. The lowest BCUT2D eigenvalue weighted by atomic mass is 10.1. The van der Waals surface area contributed by atoms with Crippen LogP contribution in [0, 0.1) is 6.92 Å². The van der Waals surface area contributed by atoms with Crippen molar-refractivity contribution in [2.24, 2.45) is 0 Å². The molecule has 28 heavy (non-hydrogen) atoms. The predicted octanol–water partition coefficient (Wildman–Crippen LogP) is 1.98. The maximum atomic E-state index is 12.4. The first-order valence-corrected chi connectivity index (χ1v) is 9.47. The van der Waals surface area contributed by atoms with E-state index in [-0.39, 0.29) is 16.7 Å². The average Bonchev–Trinajstić information content (AvgIpc) is 2.95. The monoisotopic (exact) mass is 396 g/mol. The highest BCUT2D eigenvalue weighted by molar-refractivity contribution is 7.80. The molecule has 0 spiro atoms. The second-order valence-electron chi connectivity index (χ2n) is 6.79. The third kappa shape index (κ3) is 3.25. The molecule has 0 unspecified atom stereocenters. The van der Waals surface area contributed by atoms with Crippen LogP contribution in [0.1, 0.15) is 18.1 Å². The minimum absolute atomic E-state index is 0.0984. The Morgan fingerprint density at radius 3 is 2.79 bits per heavy atom. The Kier molecular flexibility index (Phi) is 4.82. The first kappa shape index (κ1) is 18.5. The largest absolute Gasteiger partial charge is 0.378 e. The molecule has 0 saturated carbocycles. The molecule has 8 heteroatoms. The van der Waals surface area contributed by atoms with Crippen LogP contribution in [0.15, 0.2) is 30.0 Å². The Morgan fingerprint density at radius 2 is 2.07 bits per heavy atom. The quantitative estimate of drug-likeness (QED) is 0.618. The van der Waals surface area contributed by atoms with Gasteiger partial charge in [-0.05, 0) is 36.8 Å². The summed E-state index contributed by atoms with van der Waals surface area (Å²) in [5.41, 5.74) is 2.97. The molecule has 144 valence electrons. The summed E-state index contributed by atoms with van der Waals surface area (Å²) in [4.78, 5) is 32.7. The van der Waals surface area contributed by atoms with Gasteiger partial charge in [-0.25, -0.2) is 4.98 Å². The van der Waals surface area contributed by atoms with Crippen LogP contribution in [0.4, 0.5) is 5.82 Å². The fraction of sp³-hybridized carbons (Fsp3) is 0.300. The van der Waals surface area contributed by atoms with Crippen molar-refractivity contribution in [1.29, 1.82) is 0 Å². The second kappa shape index (κ2) is 7.29. The van der Waals surface area contributed by atoms with E-state index in [2.05, 4.69) is 10.2 Å². The molecule has 0 radical (unpaired) electrons. The average molecular weight is 396 g/mol. The van der Waals surface area contributed by atoms with Gasteiger partial charge in [0.2, 0.25) is 5.91 Å². The van der Waals surface area contributed by atoms with Gasteiger partial charge >= 0.3 is 0 Å². The third-order valence-electron chi connectivity index (χ3n) is 4.87. The van der Waals surface area contributed by atoms with Crippen molar-refractivity contribution < 1.29 is 14.3 Å². The maximum absolute atomic E-state index is 12.4. The van der Waals surface area contributed by atoms with Gasteiger partial charge in [0.15, 0.2) is 5.11 Å². The summed E-state index contributed by atoms with van der Waals surface area (Å²) in [7, 11) is 0. The minimum atomic E-state index is -0.391. The lowest BCUT2D eigenvalue weighted by molar-refractivity contribution is -0.125. The fourth-order valence-electron chi connectivity index (χ4n) is 3.51. The zero-order valence-electron chi connectivity index (χ0n) is 15.7. The normalized spacial score (nSPS) is 18.9. The number of carbonyl (C=O) groups excluding carboxylic acids is 2. The molecule has 2 aliphatic rings. The van der Waals surface area contributed by atoms with Crippen LogP contribution in [0.5, 0.6) is 0 Å². The number of hydrogen-bond donors (Lipinski definition) is 1. The molecule has 2 amide bonds. The zero-order valence-corrected chi connectivity index (χ0v) is 16.5. The first-order valence-electron chi connectivity index (χ1n) is 9.06. The van der Waals surface area contributed by atoms with E-state index in [1.165, 1.54) is 11.8 Å². The van der Waals surface area contributed by atoms with Crippen LogP contribution in [-0.4, -0.2) is 53.1 Å². The number of thiocarbonyl (C=S) groups is 1. The number of aryl methyl sites for hydroxylation is 1. The SMILES string of the molecule is CC(=O)N1C(=S)NC(=O)/C1=C/c1cc2cccc(C)c2nc1N1CCOCC1. The lowest BCUT2D eigenvalue weighted by Gasteiger charge is -2.29. The summed E-state index contributed by atoms with van der Waals surface area (Å²) >= 11 is 5.13. The molecular weight excluding hydrogens is 376 g/mol. The molecule has 2 fully saturated rings. The number of carbonyl (C=O) groups is 2. The summed E-state index contributed by atoms with van der Waals surface area (Å²) < 4.78 is 5.47. The Labute approximate surface area is 168 Å². The van der Waals surface area contributed by atoms with Crippen LogP contribution in [-0.2, 0) is 14.3 Å². The Morgan fingerprint density at radius 1 is 1.32 bits per heavy atom. The van der Waals surface area contributed by atoms with Crippen molar-refractivity contribution in [1.82, 2.24) is 15.2 Å². The Hall–Kier alpha value is -2.84. The van der Waals surface area contributed by atoms with Gasteiger partial charge in [0.05, 0.1) is 18.7 Å². The summed E-state index contributed by atoms with van der Waals surface area (Å²) in [6, 6.07) is 7.99. The molecule has 2 saturated heterocycles. The van der Waals surface area contributed by atoms with Gasteiger partial charge in [-0.15, -0.1) is 0 Å². The lowest BCUT2D eigenvalue weighted by Crippen LogP contribution is -2.37. The molecule has 0 aliphatic carbocycles. The molecule has 2 aromatic rings.